The summed E-state index contributed by atoms with van der Waals surface area (Å²) in [5.41, 5.74) is 0.695. The third-order valence-corrected chi connectivity index (χ3v) is 7.53. The van der Waals surface area contributed by atoms with Crippen LogP contribution in [0.5, 0.6) is 0 Å². The SMILES string of the molecule is Cc1cc(Nc2cc(C(F)(F)F)cc(N3[C@@H]4CC[C@H]3CN(C(=O)N[C@@H](C)c3ccc(-n5cc(F)cn5)nc3)C4)n2)n[nH]1. The van der Waals surface area contributed by atoms with E-state index in [1.165, 1.54) is 10.9 Å². The molecule has 0 aromatic carbocycles. The Balaban J connectivity index is 1.15. The van der Waals surface area contributed by atoms with Crippen LogP contribution < -0.4 is 15.5 Å². The normalized spacial score (nSPS) is 19.2. The molecule has 42 heavy (non-hydrogen) atoms. The zero-order valence-corrected chi connectivity index (χ0v) is 22.7. The standard InChI is InChI=1S/C27H28F4N10O/c1-15-7-23(38-37-15)35-22-8-18(27(29,30)31)9-25(36-22)41-20-4-5-21(41)14-39(13-20)26(42)34-16(2)17-3-6-24(32-10-17)40-12-19(28)11-33-40/h3,6-12,16,20-21H,4-5,13-14H2,1-2H3,(H,34,42)(H2,35,36,37,38)/t16-,20-,21+/m0/s1. The molecule has 0 radical (unpaired) electrons. The summed E-state index contributed by atoms with van der Waals surface area (Å²) in [6.07, 6.45) is 0.787. The summed E-state index contributed by atoms with van der Waals surface area (Å²) >= 11 is 0. The van der Waals surface area contributed by atoms with Gasteiger partial charge in [0.05, 0.1) is 24.0 Å². The van der Waals surface area contributed by atoms with Gasteiger partial charge in [-0.1, -0.05) is 6.07 Å². The molecule has 4 aromatic rings. The van der Waals surface area contributed by atoms with Crippen molar-refractivity contribution >= 4 is 23.5 Å². The molecule has 2 aliphatic heterocycles. The number of nitrogens with one attached hydrogen (secondary N) is 3. The Hall–Kier alpha value is -4.69. The zero-order valence-electron chi connectivity index (χ0n) is 22.7. The number of likely N-dealkylation sites (tertiary alicyclic amines) is 1. The number of aryl methyl sites for hydroxylation is 1. The molecule has 220 valence electrons. The van der Waals surface area contributed by atoms with Gasteiger partial charge in [-0.25, -0.2) is 23.8 Å². The van der Waals surface area contributed by atoms with Crippen LogP contribution in [0, 0.1) is 12.7 Å². The molecule has 0 saturated carbocycles. The van der Waals surface area contributed by atoms with E-state index >= 15 is 0 Å². The van der Waals surface area contributed by atoms with Gasteiger partial charge in [0.15, 0.2) is 17.5 Å². The van der Waals surface area contributed by atoms with Crippen molar-refractivity contribution in [1.82, 2.24) is 40.2 Å². The quantitative estimate of drug-likeness (QED) is 0.281. The summed E-state index contributed by atoms with van der Waals surface area (Å²) in [4.78, 5) is 25.6. The smallest absolute Gasteiger partial charge is 0.347 e. The summed E-state index contributed by atoms with van der Waals surface area (Å²) in [6, 6.07) is 6.17. The lowest BCUT2D eigenvalue weighted by Crippen LogP contribution is -2.57. The monoisotopic (exact) mass is 584 g/mol. The number of amides is 2. The minimum Gasteiger partial charge on any atom is -0.347 e. The molecule has 4 aromatic heterocycles. The maximum atomic E-state index is 13.8. The number of fused-ring (bicyclic) bond motifs is 2. The maximum Gasteiger partial charge on any atom is 0.416 e. The van der Waals surface area contributed by atoms with Gasteiger partial charge in [-0.2, -0.15) is 23.4 Å². The Kier molecular flexibility index (Phi) is 6.94. The van der Waals surface area contributed by atoms with Crippen LogP contribution in [0.3, 0.4) is 0 Å². The van der Waals surface area contributed by atoms with Gasteiger partial charge in [0.2, 0.25) is 0 Å². The number of piperazine rings is 1. The van der Waals surface area contributed by atoms with Crippen LogP contribution in [0.1, 0.15) is 42.6 Å². The van der Waals surface area contributed by atoms with Crippen LogP contribution >= 0.6 is 0 Å². The van der Waals surface area contributed by atoms with Gasteiger partial charge in [0.25, 0.3) is 0 Å². The van der Waals surface area contributed by atoms with Crippen molar-refractivity contribution in [1.29, 1.82) is 0 Å². The predicted molar refractivity (Wildman–Crippen MR) is 145 cm³/mol. The number of halogens is 4. The molecule has 2 aliphatic rings. The van der Waals surface area contributed by atoms with E-state index in [-0.39, 0.29) is 35.8 Å². The number of carbonyl (C=O) groups excluding carboxylic acids is 1. The number of hydrogen-bond acceptors (Lipinski definition) is 7. The first-order chi connectivity index (χ1) is 20.0. The fourth-order valence-corrected chi connectivity index (χ4v) is 5.51. The summed E-state index contributed by atoms with van der Waals surface area (Å²) in [5.74, 6) is 0.584. The molecule has 15 heteroatoms. The Morgan fingerprint density at radius 1 is 1.07 bits per heavy atom. The number of nitrogens with zero attached hydrogens (tertiary/aromatic N) is 7. The second-order valence-electron chi connectivity index (χ2n) is 10.6. The summed E-state index contributed by atoms with van der Waals surface area (Å²) in [6.45, 7) is 4.30. The first-order valence-electron chi connectivity index (χ1n) is 13.4. The van der Waals surface area contributed by atoms with Crippen molar-refractivity contribution in [3.05, 3.63) is 71.6 Å². The third-order valence-electron chi connectivity index (χ3n) is 7.53. The topological polar surface area (TPSA) is 120 Å². The highest BCUT2D eigenvalue weighted by molar-refractivity contribution is 5.75. The lowest BCUT2D eigenvalue weighted by atomic mass is 10.1. The average molecular weight is 585 g/mol. The minimum absolute atomic E-state index is 0.0389. The molecule has 0 spiro atoms. The molecule has 3 atom stereocenters. The number of H-pyrrole nitrogens is 1. The van der Waals surface area contributed by atoms with E-state index in [9.17, 15) is 22.4 Å². The van der Waals surface area contributed by atoms with Gasteiger partial charge in [-0.15, -0.1) is 0 Å². The second-order valence-corrected chi connectivity index (χ2v) is 10.6. The Morgan fingerprint density at radius 3 is 2.43 bits per heavy atom. The third kappa shape index (κ3) is 5.58. The zero-order chi connectivity index (χ0) is 29.6. The second kappa shape index (κ2) is 10.6. The average Bonchev–Trinajstić information content (AvgIpc) is 3.64. The van der Waals surface area contributed by atoms with Crippen LogP contribution in [0.25, 0.3) is 5.82 Å². The number of alkyl halides is 3. The largest absolute Gasteiger partial charge is 0.416 e. The maximum absolute atomic E-state index is 13.8. The highest BCUT2D eigenvalue weighted by Crippen LogP contribution is 2.39. The molecular weight excluding hydrogens is 556 g/mol. The van der Waals surface area contributed by atoms with Gasteiger partial charge < -0.3 is 20.4 Å². The molecule has 11 nitrogen and oxygen atoms in total. The van der Waals surface area contributed by atoms with Crippen molar-refractivity contribution in [3.8, 4) is 5.82 Å². The van der Waals surface area contributed by atoms with Crippen molar-refractivity contribution in [2.45, 2.75) is 51.0 Å². The lowest BCUT2D eigenvalue weighted by Gasteiger charge is -2.42. The Bertz CT molecular complexity index is 1570. The van der Waals surface area contributed by atoms with Crippen LogP contribution in [0.2, 0.25) is 0 Å². The number of anilines is 3. The van der Waals surface area contributed by atoms with Crippen molar-refractivity contribution in [2.75, 3.05) is 23.3 Å². The van der Waals surface area contributed by atoms with Crippen LogP contribution in [0.4, 0.5) is 39.8 Å². The lowest BCUT2D eigenvalue weighted by molar-refractivity contribution is -0.137. The van der Waals surface area contributed by atoms with E-state index < -0.39 is 17.6 Å². The van der Waals surface area contributed by atoms with Gasteiger partial charge in [-0.05, 0) is 50.5 Å². The van der Waals surface area contributed by atoms with Crippen molar-refractivity contribution in [3.63, 3.8) is 0 Å². The highest BCUT2D eigenvalue weighted by atomic mass is 19.4. The molecule has 2 bridgehead atoms. The fourth-order valence-electron chi connectivity index (χ4n) is 5.51. The van der Waals surface area contributed by atoms with Crippen LogP contribution in [-0.4, -0.2) is 66.1 Å². The summed E-state index contributed by atoms with van der Waals surface area (Å²) in [5, 5.41) is 16.5. The molecule has 3 N–H and O–H groups in total. The van der Waals surface area contributed by atoms with E-state index in [1.807, 2.05) is 11.8 Å². The fraction of sp³-hybridized carbons (Fsp3) is 0.370. The van der Waals surface area contributed by atoms with E-state index in [0.717, 1.165) is 42.4 Å². The molecule has 6 heterocycles. The number of hydrogen-bond donors (Lipinski definition) is 3. The van der Waals surface area contributed by atoms with Crippen molar-refractivity contribution in [2.24, 2.45) is 0 Å². The number of carbonyl (C=O) groups is 1. The first kappa shape index (κ1) is 27.5. The molecular formula is C27H28F4N10O. The van der Waals surface area contributed by atoms with Gasteiger partial charge in [0, 0.05) is 43.1 Å². The van der Waals surface area contributed by atoms with Crippen LogP contribution in [-0.2, 0) is 6.18 Å². The molecule has 2 amide bonds. The number of rotatable bonds is 6. The molecule has 0 aliphatic carbocycles. The predicted octanol–water partition coefficient (Wildman–Crippen LogP) is 4.72. The van der Waals surface area contributed by atoms with Gasteiger partial charge in [-0.3, -0.25) is 5.10 Å². The summed E-state index contributed by atoms with van der Waals surface area (Å²) in [7, 11) is 0. The Labute approximate surface area is 237 Å². The van der Waals surface area contributed by atoms with Crippen molar-refractivity contribution < 1.29 is 22.4 Å². The van der Waals surface area contributed by atoms with E-state index in [2.05, 4.69) is 35.9 Å². The summed E-state index contributed by atoms with van der Waals surface area (Å²) < 4.78 is 56.1. The molecule has 0 unspecified atom stereocenters. The highest BCUT2D eigenvalue weighted by Gasteiger charge is 2.43. The number of aromatic amines is 1. The van der Waals surface area contributed by atoms with E-state index in [4.69, 9.17) is 0 Å². The number of pyridine rings is 2. The molecule has 2 fully saturated rings. The number of aromatic nitrogens is 6. The first-order valence-corrected chi connectivity index (χ1v) is 13.4. The van der Waals surface area contributed by atoms with E-state index in [0.29, 0.717) is 24.7 Å². The van der Waals surface area contributed by atoms with Gasteiger partial charge >= 0.3 is 12.2 Å². The minimum atomic E-state index is -4.56. The number of urea groups is 1. The molecule has 6 rings (SSSR count). The molecule has 2 saturated heterocycles. The van der Waals surface area contributed by atoms with Gasteiger partial charge in [0.1, 0.15) is 11.6 Å². The van der Waals surface area contributed by atoms with E-state index in [1.54, 1.807) is 36.2 Å². The van der Waals surface area contributed by atoms with Crippen LogP contribution in [0.15, 0.2) is 48.9 Å². The Morgan fingerprint density at radius 2 is 1.83 bits per heavy atom.